The van der Waals surface area contributed by atoms with Gasteiger partial charge in [0, 0.05) is 6.04 Å². The van der Waals surface area contributed by atoms with Gasteiger partial charge in [0.15, 0.2) is 4.73 Å². The van der Waals surface area contributed by atoms with Gasteiger partial charge >= 0.3 is 0 Å². The smallest absolute Gasteiger partial charge is 0.178 e. The van der Waals surface area contributed by atoms with Gasteiger partial charge in [-0.05, 0) is 60.1 Å². The number of hydrogen-bond acceptors (Lipinski definition) is 2. The van der Waals surface area contributed by atoms with Crippen LogP contribution in [0.15, 0.2) is 22.9 Å². The Morgan fingerprint density at radius 1 is 1.35 bits per heavy atom. The lowest BCUT2D eigenvalue weighted by molar-refractivity contribution is 0.370. The van der Waals surface area contributed by atoms with Crippen molar-refractivity contribution in [1.29, 1.82) is 0 Å². The first kappa shape index (κ1) is 11.2. The van der Waals surface area contributed by atoms with Crippen LogP contribution in [0.5, 0.6) is 0 Å². The summed E-state index contributed by atoms with van der Waals surface area (Å²) in [4.78, 5) is 4.42. The molecule has 1 aliphatic rings. The Morgan fingerprint density at radius 3 is 2.88 bits per heavy atom. The van der Waals surface area contributed by atoms with Gasteiger partial charge in [-0.25, -0.2) is 9.37 Å². The Labute approximate surface area is 107 Å². The molecule has 0 saturated carbocycles. The number of nitrogens with one attached hydrogen (secondary N) is 1. The Bertz CT molecular complexity index is 546. The first-order valence-corrected chi connectivity index (χ1v) is 6.59. The number of benzene rings is 1. The SMILES string of the molecule is Fc1ccc2nc(Br)n(C3CCNCC3)c2c1. The van der Waals surface area contributed by atoms with Gasteiger partial charge < -0.3 is 9.88 Å². The van der Waals surface area contributed by atoms with Crippen LogP contribution in [0.2, 0.25) is 0 Å². The Kier molecular flexibility index (Phi) is 2.88. The van der Waals surface area contributed by atoms with E-state index in [1.165, 1.54) is 6.07 Å². The molecule has 2 heterocycles. The molecular formula is C12H13BrFN3. The second-order valence-electron chi connectivity index (χ2n) is 4.37. The van der Waals surface area contributed by atoms with Crippen LogP contribution in [0.25, 0.3) is 11.0 Å². The van der Waals surface area contributed by atoms with E-state index in [1.807, 2.05) is 0 Å². The van der Waals surface area contributed by atoms with E-state index < -0.39 is 0 Å². The summed E-state index contributed by atoms with van der Waals surface area (Å²) in [5.41, 5.74) is 1.72. The average molecular weight is 298 g/mol. The summed E-state index contributed by atoms with van der Waals surface area (Å²) >= 11 is 3.48. The highest BCUT2D eigenvalue weighted by atomic mass is 79.9. The second kappa shape index (κ2) is 4.38. The first-order chi connectivity index (χ1) is 8.25. The van der Waals surface area contributed by atoms with Gasteiger partial charge in [-0.3, -0.25) is 0 Å². The molecule has 3 rings (SSSR count). The van der Waals surface area contributed by atoms with Crippen LogP contribution in [0, 0.1) is 5.82 Å². The van der Waals surface area contributed by atoms with E-state index in [0.717, 1.165) is 41.7 Å². The number of fused-ring (bicyclic) bond motifs is 1. The second-order valence-corrected chi connectivity index (χ2v) is 5.07. The summed E-state index contributed by atoms with van der Waals surface area (Å²) in [6.07, 6.45) is 2.11. The van der Waals surface area contributed by atoms with E-state index in [4.69, 9.17) is 0 Å². The predicted octanol–water partition coefficient (Wildman–Crippen LogP) is 2.86. The number of hydrogen-bond donors (Lipinski definition) is 1. The quantitative estimate of drug-likeness (QED) is 0.877. The monoisotopic (exact) mass is 297 g/mol. The van der Waals surface area contributed by atoms with Gasteiger partial charge in [-0.1, -0.05) is 0 Å². The Hall–Kier alpha value is -0.940. The number of halogens is 2. The summed E-state index contributed by atoms with van der Waals surface area (Å²) < 4.78 is 16.2. The molecule has 0 atom stereocenters. The topological polar surface area (TPSA) is 29.9 Å². The molecule has 5 heteroatoms. The van der Waals surface area contributed by atoms with Gasteiger partial charge in [0.25, 0.3) is 0 Å². The highest BCUT2D eigenvalue weighted by molar-refractivity contribution is 9.10. The van der Waals surface area contributed by atoms with Gasteiger partial charge in [-0.15, -0.1) is 0 Å². The van der Waals surface area contributed by atoms with E-state index in [2.05, 4.69) is 30.8 Å². The van der Waals surface area contributed by atoms with Crippen LogP contribution in [0.1, 0.15) is 18.9 Å². The van der Waals surface area contributed by atoms with Crippen LogP contribution in [0.4, 0.5) is 4.39 Å². The maximum atomic E-state index is 13.3. The fourth-order valence-electron chi connectivity index (χ4n) is 2.45. The molecule has 90 valence electrons. The lowest BCUT2D eigenvalue weighted by Gasteiger charge is -2.25. The van der Waals surface area contributed by atoms with Crippen LogP contribution in [-0.2, 0) is 0 Å². The summed E-state index contributed by atoms with van der Waals surface area (Å²) in [6, 6.07) is 5.15. The Morgan fingerprint density at radius 2 is 2.12 bits per heavy atom. The minimum Gasteiger partial charge on any atom is -0.317 e. The highest BCUT2D eigenvalue weighted by Gasteiger charge is 2.20. The lowest BCUT2D eigenvalue weighted by Crippen LogP contribution is -2.29. The molecule has 3 nitrogen and oxygen atoms in total. The van der Waals surface area contributed by atoms with Gasteiger partial charge in [0.2, 0.25) is 0 Å². The molecule has 1 aliphatic heterocycles. The number of aromatic nitrogens is 2. The fraction of sp³-hybridized carbons (Fsp3) is 0.417. The van der Waals surface area contributed by atoms with Crippen molar-refractivity contribution >= 4 is 27.0 Å². The van der Waals surface area contributed by atoms with Gasteiger partial charge in [0.05, 0.1) is 11.0 Å². The van der Waals surface area contributed by atoms with Crippen molar-refractivity contribution in [3.8, 4) is 0 Å². The molecule has 0 aliphatic carbocycles. The third-order valence-corrected chi connectivity index (χ3v) is 3.84. The molecule has 1 N–H and O–H groups in total. The highest BCUT2D eigenvalue weighted by Crippen LogP contribution is 2.29. The molecule has 1 saturated heterocycles. The van der Waals surface area contributed by atoms with Gasteiger partial charge in [0.1, 0.15) is 5.82 Å². The third-order valence-electron chi connectivity index (χ3n) is 3.28. The molecule has 0 spiro atoms. The van der Waals surface area contributed by atoms with Crippen LogP contribution in [0.3, 0.4) is 0 Å². The van der Waals surface area contributed by atoms with Crippen LogP contribution in [-0.4, -0.2) is 22.6 Å². The average Bonchev–Trinajstić information content (AvgIpc) is 2.65. The van der Waals surface area contributed by atoms with Gasteiger partial charge in [-0.2, -0.15) is 0 Å². The first-order valence-electron chi connectivity index (χ1n) is 5.79. The molecule has 1 aromatic heterocycles. The van der Waals surface area contributed by atoms with Crippen molar-refractivity contribution < 1.29 is 4.39 Å². The maximum Gasteiger partial charge on any atom is 0.178 e. The Balaban J connectivity index is 2.13. The van der Waals surface area contributed by atoms with Crippen molar-refractivity contribution in [2.24, 2.45) is 0 Å². The summed E-state index contributed by atoms with van der Waals surface area (Å²) in [6.45, 7) is 2.01. The molecule has 0 bridgehead atoms. The zero-order valence-electron chi connectivity index (χ0n) is 9.29. The number of nitrogens with zero attached hydrogens (tertiary/aromatic N) is 2. The summed E-state index contributed by atoms with van der Waals surface area (Å²) in [5, 5.41) is 3.33. The van der Waals surface area contributed by atoms with Crippen molar-refractivity contribution in [2.45, 2.75) is 18.9 Å². The standard InChI is InChI=1S/C12H13BrFN3/c13-12-16-10-2-1-8(14)7-11(10)17(12)9-3-5-15-6-4-9/h1-2,7,9,15H,3-6H2. The zero-order valence-corrected chi connectivity index (χ0v) is 10.9. The predicted molar refractivity (Wildman–Crippen MR) is 68.5 cm³/mol. The van der Waals surface area contributed by atoms with E-state index in [9.17, 15) is 4.39 Å². The molecule has 2 aromatic rings. The maximum absolute atomic E-state index is 13.3. The summed E-state index contributed by atoms with van der Waals surface area (Å²) in [7, 11) is 0. The van der Waals surface area contributed by atoms with E-state index in [0.29, 0.717) is 6.04 Å². The molecular weight excluding hydrogens is 285 g/mol. The minimum absolute atomic E-state index is 0.208. The molecule has 0 radical (unpaired) electrons. The van der Waals surface area contributed by atoms with Crippen LogP contribution < -0.4 is 5.32 Å². The van der Waals surface area contributed by atoms with Crippen molar-refractivity contribution in [2.75, 3.05) is 13.1 Å². The number of rotatable bonds is 1. The molecule has 0 unspecified atom stereocenters. The third kappa shape index (κ3) is 1.98. The zero-order chi connectivity index (χ0) is 11.8. The fourth-order valence-corrected chi connectivity index (χ4v) is 3.12. The molecule has 0 amide bonds. The largest absolute Gasteiger partial charge is 0.317 e. The normalized spacial score (nSPS) is 17.8. The van der Waals surface area contributed by atoms with E-state index >= 15 is 0 Å². The number of imidazole rings is 1. The molecule has 17 heavy (non-hydrogen) atoms. The van der Waals surface area contributed by atoms with Crippen molar-refractivity contribution in [1.82, 2.24) is 14.9 Å². The van der Waals surface area contributed by atoms with Crippen molar-refractivity contribution in [3.63, 3.8) is 0 Å². The summed E-state index contributed by atoms with van der Waals surface area (Å²) in [5.74, 6) is -0.208. The number of piperidine rings is 1. The van der Waals surface area contributed by atoms with E-state index in [1.54, 1.807) is 12.1 Å². The molecule has 1 fully saturated rings. The van der Waals surface area contributed by atoms with E-state index in [-0.39, 0.29) is 5.82 Å². The molecule has 1 aromatic carbocycles. The minimum atomic E-state index is -0.208. The van der Waals surface area contributed by atoms with Crippen LogP contribution >= 0.6 is 15.9 Å². The van der Waals surface area contributed by atoms with Crippen molar-refractivity contribution in [3.05, 3.63) is 28.7 Å². The lowest BCUT2D eigenvalue weighted by atomic mass is 10.1.